The molecular formula is C25H24N2O6. The molecule has 3 aromatic carbocycles. The van der Waals surface area contributed by atoms with E-state index in [4.69, 9.17) is 23.7 Å². The van der Waals surface area contributed by atoms with Crippen LogP contribution in [-0.4, -0.2) is 39.3 Å². The van der Waals surface area contributed by atoms with Crippen LogP contribution < -0.4 is 29.0 Å². The minimum atomic E-state index is -0.312. The van der Waals surface area contributed by atoms with Gasteiger partial charge in [0.2, 0.25) is 0 Å². The first kappa shape index (κ1) is 21.9. The Morgan fingerprint density at radius 2 is 1.42 bits per heavy atom. The first-order valence-corrected chi connectivity index (χ1v) is 10.1. The number of amides is 1. The predicted molar refractivity (Wildman–Crippen MR) is 125 cm³/mol. The lowest BCUT2D eigenvalue weighted by atomic mass is 10.2. The number of nitrogens with one attached hydrogen (secondary N) is 2. The number of aromatic nitrogens is 1. The molecule has 0 aliphatic rings. The summed E-state index contributed by atoms with van der Waals surface area (Å²) in [5.41, 5.74) is 1.58. The minimum absolute atomic E-state index is 0.312. The van der Waals surface area contributed by atoms with Gasteiger partial charge >= 0.3 is 0 Å². The number of hydrogen-bond acceptors (Lipinski definition) is 6. The number of ether oxygens (including phenoxy) is 5. The van der Waals surface area contributed by atoms with Crippen molar-refractivity contribution in [3.8, 4) is 34.5 Å². The molecule has 0 bridgehead atoms. The summed E-state index contributed by atoms with van der Waals surface area (Å²) in [7, 11) is 6.23. The lowest BCUT2D eigenvalue weighted by Gasteiger charge is -2.11. The Morgan fingerprint density at radius 3 is 2.06 bits per heavy atom. The van der Waals surface area contributed by atoms with E-state index in [0.717, 1.165) is 0 Å². The molecule has 8 nitrogen and oxygen atoms in total. The van der Waals surface area contributed by atoms with Crippen LogP contribution in [0.3, 0.4) is 0 Å². The average molecular weight is 448 g/mol. The number of carbonyl (C=O) groups is 1. The summed E-state index contributed by atoms with van der Waals surface area (Å²) >= 11 is 0. The molecule has 170 valence electrons. The molecule has 4 aromatic rings. The number of rotatable bonds is 8. The zero-order chi connectivity index (χ0) is 23.4. The maximum atomic E-state index is 12.9. The molecule has 1 aromatic heterocycles. The maximum absolute atomic E-state index is 12.9. The third-order valence-corrected chi connectivity index (χ3v) is 5.09. The summed E-state index contributed by atoms with van der Waals surface area (Å²) in [5, 5.41) is 3.58. The molecule has 0 radical (unpaired) electrons. The molecule has 2 N–H and O–H groups in total. The van der Waals surface area contributed by atoms with Gasteiger partial charge in [-0.25, -0.2) is 0 Å². The number of carbonyl (C=O) groups excluding carboxylic acids is 1. The van der Waals surface area contributed by atoms with Crippen molar-refractivity contribution in [1.82, 2.24) is 4.98 Å². The van der Waals surface area contributed by atoms with Crippen LogP contribution in [0.5, 0.6) is 34.5 Å². The number of fused-ring (bicyclic) bond motifs is 1. The van der Waals surface area contributed by atoms with Gasteiger partial charge in [-0.3, -0.25) is 4.79 Å². The van der Waals surface area contributed by atoms with Gasteiger partial charge in [-0.2, -0.15) is 0 Å². The van der Waals surface area contributed by atoms with Crippen molar-refractivity contribution < 1.29 is 28.5 Å². The van der Waals surface area contributed by atoms with E-state index in [1.165, 1.54) is 0 Å². The molecule has 0 aliphatic heterocycles. The molecule has 0 aliphatic carbocycles. The van der Waals surface area contributed by atoms with Crippen molar-refractivity contribution in [1.29, 1.82) is 0 Å². The van der Waals surface area contributed by atoms with E-state index >= 15 is 0 Å². The minimum Gasteiger partial charge on any atom is -0.496 e. The van der Waals surface area contributed by atoms with Crippen LogP contribution in [0.4, 0.5) is 5.69 Å². The summed E-state index contributed by atoms with van der Waals surface area (Å²) in [6, 6.07) is 17.9. The second kappa shape index (κ2) is 9.44. The third kappa shape index (κ3) is 4.36. The lowest BCUT2D eigenvalue weighted by Crippen LogP contribution is -2.12. The number of H-pyrrole nitrogens is 1. The molecule has 0 unspecified atom stereocenters. The largest absolute Gasteiger partial charge is 0.496 e. The van der Waals surface area contributed by atoms with E-state index in [2.05, 4.69) is 10.3 Å². The van der Waals surface area contributed by atoms with Crippen molar-refractivity contribution in [3.05, 3.63) is 66.4 Å². The molecule has 1 heterocycles. The monoisotopic (exact) mass is 448 g/mol. The van der Waals surface area contributed by atoms with Gasteiger partial charge in [-0.1, -0.05) is 12.1 Å². The van der Waals surface area contributed by atoms with Crippen molar-refractivity contribution >= 4 is 22.5 Å². The van der Waals surface area contributed by atoms with E-state index in [1.54, 1.807) is 64.8 Å². The Morgan fingerprint density at radius 1 is 0.758 bits per heavy atom. The van der Waals surface area contributed by atoms with Gasteiger partial charge in [0.15, 0.2) is 23.0 Å². The third-order valence-electron chi connectivity index (χ3n) is 5.09. The summed E-state index contributed by atoms with van der Waals surface area (Å²) < 4.78 is 27.5. The Bertz CT molecular complexity index is 1280. The van der Waals surface area contributed by atoms with Gasteiger partial charge in [0.1, 0.15) is 17.2 Å². The predicted octanol–water partition coefficient (Wildman–Crippen LogP) is 5.25. The Hall–Kier alpha value is -4.33. The molecule has 4 rings (SSSR count). The maximum Gasteiger partial charge on any atom is 0.272 e. The van der Waals surface area contributed by atoms with Crippen molar-refractivity contribution in [3.63, 3.8) is 0 Å². The molecule has 0 fully saturated rings. The highest BCUT2D eigenvalue weighted by Gasteiger charge is 2.19. The van der Waals surface area contributed by atoms with E-state index in [1.807, 2.05) is 24.3 Å². The smallest absolute Gasteiger partial charge is 0.272 e. The summed E-state index contributed by atoms with van der Waals surface area (Å²) in [4.78, 5) is 16.0. The van der Waals surface area contributed by atoms with E-state index < -0.39 is 0 Å². The molecule has 1 amide bonds. The van der Waals surface area contributed by atoms with Crippen molar-refractivity contribution in [2.45, 2.75) is 0 Å². The van der Waals surface area contributed by atoms with Crippen molar-refractivity contribution in [2.24, 2.45) is 0 Å². The molecule has 33 heavy (non-hydrogen) atoms. The molecule has 8 heteroatoms. The molecule has 0 atom stereocenters. The first-order chi connectivity index (χ1) is 16.1. The second-order valence-electron chi connectivity index (χ2n) is 7.02. The normalized spacial score (nSPS) is 10.5. The first-order valence-electron chi connectivity index (χ1n) is 10.1. The van der Waals surface area contributed by atoms with Gasteiger partial charge in [0, 0.05) is 17.1 Å². The van der Waals surface area contributed by atoms with Crippen LogP contribution >= 0.6 is 0 Å². The standard InChI is InChI=1S/C25H24N2O6/c1-29-19-7-5-6-8-20(19)33-16-11-9-15(10-12-16)26-25(28)18-13-17-21(30-2)14-22(31-3)24(32-4)23(17)27-18/h5-14,27H,1-4H3,(H,26,28). The Balaban J connectivity index is 1.54. The van der Waals surface area contributed by atoms with E-state index in [0.29, 0.717) is 56.8 Å². The van der Waals surface area contributed by atoms with Crippen LogP contribution in [0.1, 0.15) is 10.5 Å². The number of para-hydroxylation sites is 2. The molecule has 0 saturated heterocycles. The van der Waals surface area contributed by atoms with Gasteiger partial charge in [-0.05, 0) is 42.5 Å². The zero-order valence-electron chi connectivity index (χ0n) is 18.7. The number of hydrogen-bond donors (Lipinski definition) is 2. The van der Waals surface area contributed by atoms with Crippen LogP contribution in [-0.2, 0) is 0 Å². The molecule has 0 saturated carbocycles. The number of anilines is 1. The molecule has 0 spiro atoms. The second-order valence-corrected chi connectivity index (χ2v) is 7.02. The van der Waals surface area contributed by atoms with Gasteiger partial charge in [0.05, 0.1) is 34.0 Å². The van der Waals surface area contributed by atoms with E-state index in [9.17, 15) is 4.79 Å². The topological polar surface area (TPSA) is 91.0 Å². The fourth-order valence-electron chi connectivity index (χ4n) is 3.49. The quantitative estimate of drug-likeness (QED) is 0.383. The highest BCUT2D eigenvalue weighted by Crippen LogP contribution is 2.41. The van der Waals surface area contributed by atoms with Crippen LogP contribution in [0.15, 0.2) is 60.7 Å². The van der Waals surface area contributed by atoms with Crippen molar-refractivity contribution in [2.75, 3.05) is 33.8 Å². The van der Waals surface area contributed by atoms with Crippen LogP contribution in [0, 0.1) is 0 Å². The average Bonchev–Trinajstić information content (AvgIpc) is 3.30. The lowest BCUT2D eigenvalue weighted by molar-refractivity contribution is 0.102. The Labute approximate surface area is 191 Å². The summed E-state index contributed by atoms with van der Waals surface area (Å²) in [5.74, 6) is 3.10. The van der Waals surface area contributed by atoms with Crippen LogP contribution in [0.25, 0.3) is 10.9 Å². The van der Waals surface area contributed by atoms with Gasteiger partial charge in [0.25, 0.3) is 5.91 Å². The summed E-state index contributed by atoms with van der Waals surface area (Å²) in [6.45, 7) is 0. The van der Waals surface area contributed by atoms with E-state index in [-0.39, 0.29) is 5.91 Å². The SMILES string of the molecule is COc1ccccc1Oc1ccc(NC(=O)c2cc3c(OC)cc(OC)c(OC)c3[nH]2)cc1. The zero-order valence-corrected chi connectivity index (χ0v) is 18.7. The van der Waals surface area contributed by atoms with Crippen LogP contribution in [0.2, 0.25) is 0 Å². The van der Waals surface area contributed by atoms with Gasteiger partial charge in [-0.15, -0.1) is 0 Å². The Kier molecular flexibility index (Phi) is 6.26. The highest BCUT2D eigenvalue weighted by molar-refractivity contribution is 6.08. The number of methoxy groups -OCH3 is 4. The fraction of sp³-hybridized carbons (Fsp3) is 0.160. The highest BCUT2D eigenvalue weighted by atomic mass is 16.5. The number of aromatic amines is 1. The van der Waals surface area contributed by atoms with Gasteiger partial charge < -0.3 is 34.0 Å². The molecular weight excluding hydrogens is 424 g/mol. The summed E-state index contributed by atoms with van der Waals surface area (Å²) in [6.07, 6.45) is 0. The number of benzene rings is 3. The fourth-order valence-corrected chi connectivity index (χ4v) is 3.49.